The predicted octanol–water partition coefficient (Wildman–Crippen LogP) is 4.08. The Balaban J connectivity index is 1.93. The topological polar surface area (TPSA) is 27.0 Å². The lowest BCUT2D eigenvalue weighted by Gasteiger charge is -2.43. The molecule has 2 nitrogen and oxygen atoms in total. The maximum absolute atomic E-state index is 9.49. The molecule has 1 fully saturated rings. The minimum Gasteiger partial charge on any atom is -0.367 e. The second-order valence-corrected chi connectivity index (χ2v) is 6.65. The van der Waals surface area contributed by atoms with Crippen LogP contribution in [-0.2, 0) is 6.42 Å². The van der Waals surface area contributed by atoms with Crippen LogP contribution in [0.25, 0.3) is 0 Å². The van der Waals surface area contributed by atoms with E-state index in [1.54, 1.807) is 0 Å². The van der Waals surface area contributed by atoms with E-state index >= 15 is 0 Å². The van der Waals surface area contributed by atoms with E-state index in [0.717, 1.165) is 18.9 Å². The van der Waals surface area contributed by atoms with Crippen molar-refractivity contribution in [2.45, 2.75) is 52.0 Å². The Morgan fingerprint density at radius 3 is 2.95 bits per heavy atom. The molecule has 1 heterocycles. The number of nitrogens with zero attached hydrogens (tertiary/aromatic N) is 2. The molecule has 3 unspecified atom stereocenters. The van der Waals surface area contributed by atoms with Crippen LogP contribution in [0.5, 0.6) is 0 Å². The fourth-order valence-electron chi connectivity index (χ4n) is 3.95. The molecule has 2 heteroatoms. The minimum absolute atomic E-state index is 0.207. The van der Waals surface area contributed by atoms with Crippen molar-refractivity contribution >= 4 is 5.69 Å². The largest absolute Gasteiger partial charge is 0.367 e. The number of benzene rings is 1. The second kappa shape index (κ2) is 5.48. The van der Waals surface area contributed by atoms with Crippen LogP contribution in [0.1, 0.15) is 43.7 Å². The van der Waals surface area contributed by atoms with Gasteiger partial charge in [0.2, 0.25) is 0 Å². The van der Waals surface area contributed by atoms with Crippen LogP contribution in [0.2, 0.25) is 0 Å². The number of nitriles is 1. The normalized spacial score (nSPS) is 29.6. The summed E-state index contributed by atoms with van der Waals surface area (Å²) in [6.07, 6.45) is 5.86. The Bertz CT molecular complexity index is 529. The number of anilines is 1. The third-order valence-corrected chi connectivity index (χ3v) is 5.03. The van der Waals surface area contributed by atoms with Gasteiger partial charge in [-0.25, -0.2) is 0 Å². The molecule has 0 amide bonds. The highest BCUT2D eigenvalue weighted by Crippen LogP contribution is 2.38. The van der Waals surface area contributed by atoms with E-state index in [1.807, 2.05) is 0 Å². The summed E-state index contributed by atoms with van der Waals surface area (Å²) in [4.78, 5) is 2.54. The first-order chi connectivity index (χ1) is 9.69. The smallest absolute Gasteiger partial charge is 0.0677 e. The van der Waals surface area contributed by atoms with Crippen molar-refractivity contribution in [2.24, 2.45) is 11.8 Å². The van der Waals surface area contributed by atoms with Crippen molar-refractivity contribution in [3.05, 3.63) is 29.3 Å². The highest BCUT2D eigenvalue weighted by Gasteiger charge is 2.34. The van der Waals surface area contributed by atoms with Crippen LogP contribution in [-0.4, -0.2) is 12.6 Å². The van der Waals surface area contributed by atoms with E-state index in [0.29, 0.717) is 6.04 Å². The third kappa shape index (κ3) is 2.42. The summed E-state index contributed by atoms with van der Waals surface area (Å²) < 4.78 is 0. The van der Waals surface area contributed by atoms with Crippen LogP contribution in [0.3, 0.4) is 0 Å². The van der Waals surface area contributed by atoms with Gasteiger partial charge in [-0.3, -0.25) is 0 Å². The summed E-state index contributed by atoms with van der Waals surface area (Å²) in [6.45, 7) is 5.62. The maximum Gasteiger partial charge on any atom is 0.0677 e. The molecule has 1 aromatic carbocycles. The zero-order valence-corrected chi connectivity index (χ0v) is 12.6. The molecule has 1 aliphatic heterocycles. The first-order valence-corrected chi connectivity index (χ1v) is 7.95. The summed E-state index contributed by atoms with van der Waals surface area (Å²) in [5, 5.41) is 9.49. The molecule has 0 bridgehead atoms. The van der Waals surface area contributed by atoms with E-state index in [-0.39, 0.29) is 5.92 Å². The molecule has 3 atom stereocenters. The average molecular weight is 268 g/mol. The number of aryl methyl sites for hydroxylation is 2. The Kier molecular flexibility index (Phi) is 3.70. The van der Waals surface area contributed by atoms with Crippen LogP contribution < -0.4 is 4.90 Å². The molecule has 0 aromatic heterocycles. The Morgan fingerprint density at radius 2 is 2.15 bits per heavy atom. The van der Waals surface area contributed by atoms with Crippen molar-refractivity contribution in [2.75, 3.05) is 11.4 Å². The minimum atomic E-state index is 0.207. The van der Waals surface area contributed by atoms with Crippen LogP contribution in [0.4, 0.5) is 5.69 Å². The number of fused-ring (bicyclic) bond motifs is 1. The fourth-order valence-corrected chi connectivity index (χ4v) is 3.95. The Labute approximate surface area is 122 Å². The summed E-state index contributed by atoms with van der Waals surface area (Å²) >= 11 is 0. The summed E-state index contributed by atoms with van der Waals surface area (Å²) in [7, 11) is 0. The molecule has 0 N–H and O–H groups in total. The van der Waals surface area contributed by atoms with E-state index in [9.17, 15) is 5.26 Å². The quantitative estimate of drug-likeness (QED) is 0.767. The van der Waals surface area contributed by atoms with Gasteiger partial charge in [-0.1, -0.05) is 24.6 Å². The molecular formula is C18H24N2. The van der Waals surface area contributed by atoms with Gasteiger partial charge in [0.05, 0.1) is 12.0 Å². The summed E-state index contributed by atoms with van der Waals surface area (Å²) in [5.41, 5.74) is 4.21. The fraction of sp³-hybridized carbons (Fsp3) is 0.611. The Morgan fingerprint density at radius 1 is 1.30 bits per heavy atom. The molecular weight excluding hydrogens is 244 g/mol. The molecule has 0 spiro atoms. The summed E-state index contributed by atoms with van der Waals surface area (Å²) in [5.74, 6) is 0.957. The highest BCUT2D eigenvalue weighted by molar-refractivity contribution is 5.57. The second-order valence-electron chi connectivity index (χ2n) is 6.65. The molecule has 1 saturated carbocycles. The molecule has 1 aliphatic carbocycles. The zero-order chi connectivity index (χ0) is 14.1. The van der Waals surface area contributed by atoms with Crippen LogP contribution >= 0.6 is 0 Å². The van der Waals surface area contributed by atoms with Gasteiger partial charge in [0.1, 0.15) is 0 Å². The number of rotatable bonds is 1. The van der Waals surface area contributed by atoms with E-state index in [1.165, 1.54) is 42.5 Å². The number of hydrogen-bond acceptors (Lipinski definition) is 2. The molecule has 20 heavy (non-hydrogen) atoms. The van der Waals surface area contributed by atoms with Crippen molar-refractivity contribution in [3.8, 4) is 6.07 Å². The molecule has 2 aliphatic rings. The number of hydrogen-bond donors (Lipinski definition) is 0. The third-order valence-electron chi connectivity index (χ3n) is 5.03. The van der Waals surface area contributed by atoms with Crippen molar-refractivity contribution in [1.82, 2.24) is 0 Å². The van der Waals surface area contributed by atoms with Gasteiger partial charge in [-0.15, -0.1) is 0 Å². The molecule has 3 rings (SSSR count). The van der Waals surface area contributed by atoms with Gasteiger partial charge >= 0.3 is 0 Å². The van der Waals surface area contributed by atoms with E-state index in [4.69, 9.17) is 0 Å². The lowest BCUT2D eigenvalue weighted by atomic mass is 9.78. The summed E-state index contributed by atoms with van der Waals surface area (Å²) in [6, 6.07) is 9.81. The lowest BCUT2D eigenvalue weighted by Crippen LogP contribution is -2.46. The standard InChI is InChI=1S/C18H24N2/c1-13-6-8-17-15(10-13)4-3-9-20(17)18-11-14(2)5-7-16(18)12-19/h6,8,10,14,16,18H,3-5,7,9,11H2,1-2H3. The van der Waals surface area contributed by atoms with Crippen molar-refractivity contribution in [1.29, 1.82) is 5.26 Å². The van der Waals surface area contributed by atoms with Gasteiger partial charge in [-0.05, 0) is 56.6 Å². The maximum atomic E-state index is 9.49. The van der Waals surface area contributed by atoms with E-state index in [2.05, 4.69) is 43.0 Å². The van der Waals surface area contributed by atoms with Crippen LogP contribution in [0, 0.1) is 30.1 Å². The molecule has 106 valence electrons. The van der Waals surface area contributed by atoms with Gasteiger partial charge in [0.15, 0.2) is 0 Å². The molecule has 0 saturated heterocycles. The monoisotopic (exact) mass is 268 g/mol. The van der Waals surface area contributed by atoms with Crippen molar-refractivity contribution < 1.29 is 0 Å². The molecule has 1 aromatic rings. The van der Waals surface area contributed by atoms with E-state index < -0.39 is 0 Å². The van der Waals surface area contributed by atoms with Crippen LogP contribution in [0.15, 0.2) is 18.2 Å². The van der Waals surface area contributed by atoms with Gasteiger partial charge < -0.3 is 4.90 Å². The lowest BCUT2D eigenvalue weighted by molar-refractivity contribution is 0.277. The highest BCUT2D eigenvalue weighted by atomic mass is 15.2. The van der Waals surface area contributed by atoms with Gasteiger partial charge in [0, 0.05) is 18.3 Å². The predicted molar refractivity (Wildman–Crippen MR) is 82.8 cm³/mol. The first-order valence-electron chi connectivity index (χ1n) is 7.95. The Hall–Kier alpha value is -1.49. The van der Waals surface area contributed by atoms with Gasteiger partial charge in [-0.2, -0.15) is 5.26 Å². The zero-order valence-electron chi connectivity index (χ0n) is 12.6. The first kappa shape index (κ1) is 13.5. The average Bonchev–Trinajstić information content (AvgIpc) is 2.46. The SMILES string of the molecule is Cc1ccc2c(c1)CCCN2C1CC(C)CCC1C#N. The van der Waals surface area contributed by atoms with Crippen molar-refractivity contribution in [3.63, 3.8) is 0 Å². The molecule has 0 radical (unpaired) electrons. The van der Waals surface area contributed by atoms with Gasteiger partial charge in [0.25, 0.3) is 0 Å².